The van der Waals surface area contributed by atoms with Gasteiger partial charge in [0.25, 0.3) is 0 Å². The Balaban J connectivity index is 1.45. The van der Waals surface area contributed by atoms with Gasteiger partial charge in [-0.1, -0.05) is 36.8 Å². The zero-order valence-electron chi connectivity index (χ0n) is 19.2. The summed E-state index contributed by atoms with van der Waals surface area (Å²) in [5.41, 5.74) is 1.98. The van der Waals surface area contributed by atoms with Crippen LogP contribution in [0.25, 0.3) is 0 Å². The number of nitrogens with zero attached hydrogens (tertiary/aromatic N) is 2. The van der Waals surface area contributed by atoms with Crippen molar-refractivity contribution in [3.63, 3.8) is 0 Å². The first-order valence-electron chi connectivity index (χ1n) is 12.1. The molecular weight excluding hydrogens is 403 g/mol. The number of halogens is 1. The molecule has 1 amide bonds. The molecule has 0 unspecified atom stereocenters. The molecular formula is C27H35FN2O2. The zero-order chi connectivity index (χ0) is 22.4. The summed E-state index contributed by atoms with van der Waals surface area (Å²) in [6, 6.07) is 15.1. The number of aryl methyl sites for hydroxylation is 1. The second kappa shape index (κ2) is 10.5. The summed E-state index contributed by atoms with van der Waals surface area (Å²) in [5.74, 6) is 1.06. The lowest BCUT2D eigenvalue weighted by Crippen LogP contribution is -2.51. The summed E-state index contributed by atoms with van der Waals surface area (Å²) in [7, 11) is 0. The average molecular weight is 439 g/mol. The van der Waals surface area contributed by atoms with Gasteiger partial charge in [-0.25, -0.2) is 4.39 Å². The number of carbonyl (C=O) groups is 1. The van der Waals surface area contributed by atoms with Gasteiger partial charge in [0.1, 0.15) is 18.2 Å². The lowest BCUT2D eigenvalue weighted by molar-refractivity contribution is -0.146. The largest absolute Gasteiger partial charge is 0.491 e. The number of rotatable bonds is 3. The van der Waals surface area contributed by atoms with Gasteiger partial charge in [0, 0.05) is 13.1 Å². The molecule has 172 valence electrons. The number of carbonyl (C=O) groups excluding carboxylic acids is 1. The number of hydrogen-bond acceptors (Lipinski definition) is 3. The van der Waals surface area contributed by atoms with Crippen molar-refractivity contribution in [3.8, 4) is 5.75 Å². The summed E-state index contributed by atoms with van der Waals surface area (Å²) in [6.45, 7) is 6.41. The highest BCUT2D eigenvalue weighted by Crippen LogP contribution is 2.39. The van der Waals surface area contributed by atoms with E-state index in [9.17, 15) is 9.18 Å². The monoisotopic (exact) mass is 438 g/mol. The second-order valence-corrected chi connectivity index (χ2v) is 9.23. The summed E-state index contributed by atoms with van der Waals surface area (Å²) < 4.78 is 19.6. The van der Waals surface area contributed by atoms with Crippen LogP contribution in [0.2, 0.25) is 0 Å². The van der Waals surface area contributed by atoms with Gasteiger partial charge in [0.15, 0.2) is 0 Å². The van der Waals surface area contributed by atoms with Crippen LogP contribution >= 0.6 is 0 Å². The number of likely N-dealkylation sites (tertiary alicyclic amines) is 1. The Kier molecular flexibility index (Phi) is 7.46. The van der Waals surface area contributed by atoms with Gasteiger partial charge in [-0.05, 0) is 81.4 Å². The topological polar surface area (TPSA) is 32.8 Å². The predicted octanol–water partition coefficient (Wildman–Crippen LogP) is 5.06. The summed E-state index contributed by atoms with van der Waals surface area (Å²) in [6.07, 6.45) is 5.78. The Morgan fingerprint density at radius 1 is 1.00 bits per heavy atom. The van der Waals surface area contributed by atoms with Crippen LogP contribution in [0.3, 0.4) is 0 Å². The van der Waals surface area contributed by atoms with Crippen molar-refractivity contribution in [2.24, 2.45) is 5.41 Å². The van der Waals surface area contributed by atoms with Crippen molar-refractivity contribution in [1.82, 2.24) is 9.80 Å². The normalized spacial score (nSPS) is 20.2. The standard InChI is InChI=1S/C27H35FN2O2/c1-2-30-18-19-32-25-12-4-3-9-23(25)10-5-6-13-27(26(30)31)14-16-29(17-15-27)21-22-8-7-11-24(28)20-22/h3-4,7-9,11-12,20H,2,5-6,10,13-19,21H2,1H3. The second-order valence-electron chi connectivity index (χ2n) is 9.23. The number of benzene rings is 2. The average Bonchev–Trinajstić information content (AvgIpc) is 2.80. The SMILES string of the molecule is CCN1CCOc2ccccc2CCCCC2(CCN(Cc3cccc(F)c3)CC2)C1=O. The maximum atomic E-state index is 13.7. The van der Waals surface area contributed by atoms with E-state index in [-0.39, 0.29) is 11.2 Å². The predicted molar refractivity (Wildman–Crippen MR) is 125 cm³/mol. The van der Waals surface area contributed by atoms with E-state index in [1.54, 1.807) is 12.1 Å². The van der Waals surface area contributed by atoms with Crippen LogP contribution in [0.1, 0.15) is 50.2 Å². The highest BCUT2D eigenvalue weighted by atomic mass is 19.1. The number of likely N-dealkylation sites (N-methyl/N-ethyl adjacent to an activating group) is 1. The van der Waals surface area contributed by atoms with Crippen LogP contribution in [0.5, 0.6) is 5.75 Å². The number of para-hydroxylation sites is 1. The first kappa shape index (κ1) is 22.8. The molecule has 2 aromatic rings. The molecule has 0 N–H and O–H groups in total. The fraction of sp³-hybridized carbons (Fsp3) is 0.519. The van der Waals surface area contributed by atoms with Crippen molar-refractivity contribution >= 4 is 5.91 Å². The van der Waals surface area contributed by atoms with Gasteiger partial charge in [-0.3, -0.25) is 9.69 Å². The smallest absolute Gasteiger partial charge is 0.228 e. The van der Waals surface area contributed by atoms with Crippen LogP contribution in [0, 0.1) is 11.2 Å². The van der Waals surface area contributed by atoms with E-state index < -0.39 is 0 Å². The van der Waals surface area contributed by atoms with E-state index in [1.807, 2.05) is 23.1 Å². The molecule has 0 bridgehead atoms. The first-order chi connectivity index (χ1) is 15.6. The molecule has 1 fully saturated rings. The number of ether oxygens (including phenoxy) is 1. The fourth-order valence-electron chi connectivity index (χ4n) is 5.24. The third kappa shape index (κ3) is 5.32. The molecule has 0 atom stereocenters. The zero-order valence-corrected chi connectivity index (χ0v) is 19.2. The van der Waals surface area contributed by atoms with E-state index in [2.05, 4.69) is 24.0 Å². The lowest BCUT2D eigenvalue weighted by Gasteiger charge is -2.43. The lowest BCUT2D eigenvalue weighted by atomic mass is 9.73. The highest BCUT2D eigenvalue weighted by Gasteiger charge is 2.42. The quantitative estimate of drug-likeness (QED) is 0.671. The third-order valence-corrected chi connectivity index (χ3v) is 7.17. The Morgan fingerprint density at radius 3 is 2.59 bits per heavy atom. The fourth-order valence-corrected chi connectivity index (χ4v) is 5.24. The number of hydrogen-bond donors (Lipinski definition) is 0. The molecule has 4 rings (SSSR count). The molecule has 0 aromatic heterocycles. The molecule has 2 aliphatic rings. The minimum Gasteiger partial charge on any atom is -0.491 e. The molecule has 5 heteroatoms. The molecule has 0 radical (unpaired) electrons. The molecule has 1 saturated heterocycles. The van der Waals surface area contributed by atoms with Gasteiger partial charge in [-0.15, -0.1) is 0 Å². The molecule has 0 saturated carbocycles. The van der Waals surface area contributed by atoms with Gasteiger partial charge in [0.2, 0.25) is 5.91 Å². The molecule has 1 spiro atoms. The van der Waals surface area contributed by atoms with Crippen molar-refractivity contribution in [2.75, 3.05) is 32.8 Å². The van der Waals surface area contributed by atoms with E-state index >= 15 is 0 Å². The summed E-state index contributed by atoms with van der Waals surface area (Å²) in [4.78, 5) is 18.1. The molecule has 2 aliphatic heterocycles. The Labute approximate surface area is 191 Å². The van der Waals surface area contributed by atoms with Crippen LogP contribution < -0.4 is 4.74 Å². The van der Waals surface area contributed by atoms with Crippen LogP contribution in [-0.2, 0) is 17.8 Å². The minimum atomic E-state index is -0.285. The van der Waals surface area contributed by atoms with Crippen LogP contribution in [-0.4, -0.2) is 48.5 Å². The number of amides is 1. The van der Waals surface area contributed by atoms with Gasteiger partial charge in [-0.2, -0.15) is 0 Å². The van der Waals surface area contributed by atoms with E-state index in [0.29, 0.717) is 25.6 Å². The molecule has 2 aromatic carbocycles. The Morgan fingerprint density at radius 2 is 1.81 bits per heavy atom. The first-order valence-corrected chi connectivity index (χ1v) is 12.1. The van der Waals surface area contributed by atoms with E-state index in [1.165, 1.54) is 11.6 Å². The Hall–Kier alpha value is -2.40. The summed E-state index contributed by atoms with van der Waals surface area (Å²) in [5, 5.41) is 0. The molecule has 4 nitrogen and oxygen atoms in total. The maximum absolute atomic E-state index is 13.7. The van der Waals surface area contributed by atoms with Crippen molar-refractivity contribution < 1.29 is 13.9 Å². The van der Waals surface area contributed by atoms with E-state index in [4.69, 9.17) is 4.74 Å². The molecule has 0 aliphatic carbocycles. The Bertz CT molecular complexity index is 908. The third-order valence-electron chi connectivity index (χ3n) is 7.17. The van der Waals surface area contributed by atoms with Crippen molar-refractivity contribution in [3.05, 3.63) is 65.5 Å². The summed E-state index contributed by atoms with van der Waals surface area (Å²) >= 11 is 0. The number of fused-ring (bicyclic) bond motifs is 1. The molecule has 32 heavy (non-hydrogen) atoms. The van der Waals surface area contributed by atoms with Crippen molar-refractivity contribution in [1.29, 1.82) is 0 Å². The van der Waals surface area contributed by atoms with Gasteiger partial charge in [0.05, 0.1) is 12.0 Å². The maximum Gasteiger partial charge on any atom is 0.228 e. The number of piperidine rings is 1. The van der Waals surface area contributed by atoms with Gasteiger partial charge >= 0.3 is 0 Å². The van der Waals surface area contributed by atoms with Gasteiger partial charge < -0.3 is 9.64 Å². The minimum absolute atomic E-state index is 0.187. The van der Waals surface area contributed by atoms with Crippen molar-refractivity contribution in [2.45, 2.75) is 52.0 Å². The van der Waals surface area contributed by atoms with E-state index in [0.717, 1.165) is 69.5 Å². The van der Waals surface area contributed by atoms with Crippen LogP contribution in [0.15, 0.2) is 48.5 Å². The van der Waals surface area contributed by atoms with Crippen LogP contribution in [0.4, 0.5) is 4.39 Å². The highest BCUT2D eigenvalue weighted by molar-refractivity contribution is 5.83. The molecule has 2 heterocycles.